The second-order valence-corrected chi connectivity index (χ2v) is 5.08. The summed E-state index contributed by atoms with van der Waals surface area (Å²) in [5.74, 6) is -0.318. The molecule has 0 aliphatic rings. The lowest BCUT2D eigenvalue weighted by molar-refractivity contribution is -0.122. The second-order valence-electron chi connectivity index (χ2n) is 4.65. The van der Waals surface area contributed by atoms with Gasteiger partial charge in [0.25, 0.3) is 5.91 Å². The number of nitrogens with two attached hydrogens (primary N) is 1. The molecule has 2 amide bonds. The van der Waals surface area contributed by atoms with Crippen molar-refractivity contribution in [3.05, 3.63) is 59.1 Å². The Morgan fingerprint density at radius 3 is 2.45 bits per heavy atom. The summed E-state index contributed by atoms with van der Waals surface area (Å²) in [5, 5.41) is 3.23. The number of rotatable bonds is 5. The summed E-state index contributed by atoms with van der Waals surface area (Å²) < 4.78 is 5.52. The quantitative estimate of drug-likeness (QED) is 0.889. The van der Waals surface area contributed by atoms with Crippen LogP contribution < -0.4 is 15.8 Å². The Bertz CT molecular complexity index is 686. The van der Waals surface area contributed by atoms with Crippen molar-refractivity contribution in [1.29, 1.82) is 0 Å². The Labute approximate surface area is 133 Å². The van der Waals surface area contributed by atoms with Crippen molar-refractivity contribution in [2.45, 2.75) is 13.0 Å². The van der Waals surface area contributed by atoms with Gasteiger partial charge in [-0.15, -0.1) is 0 Å². The van der Waals surface area contributed by atoms with Gasteiger partial charge >= 0.3 is 0 Å². The molecule has 0 unspecified atom stereocenters. The van der Waals surface area contributed by atoms with E-state index in [1.54, 1.807) is 55.5 Å². The Hall–Kier alpha value is -2.53. The molecule has 6 heteroatoms. The van der Waals surface area contributed by atoms with Crippen LogP contribution in [-0.4, -0.2) is 17.9 Å². The zero-order valence-electron chi connectivity index (χ0n) is 11.9. The monoisotopic (exact) mass is 318 g/mol. The van der Waals surface area contributed by atoms with Gasteiger partial charge in [0.05, 0.1) is 0 Å². The van der Waals surface area contributed by atoms with Crippen LogP contribution in [0.15, 0.2) is 48.5 Å². The molecule has 0 radical (unpaired) electrons. The summed E-state index contributed by atoms with van der Waals surface area (Å²) in [6.07, 6.45) is -0.700. The summed E-state index contributed by atoms with van der Waals surface area (Å²) in [4.78, 5) is 23.0. The van der Waals surface area contributed by atoms with Crippen LogP contribution in [0.3, 0.4) is 0 Å². The lowest BCUT2D eigenvalue weighted by Gasteiger charge is -2.15. The molecule has 0 aliphatic carbocycles. The van der Waals surface area contributed by atoms with Gasteiger partial charge in [0.15, 0.2) is 6.10 Å². The predicted octanol–water partition coefficient (Wildman–Crippen LogP) is 2.84. The Kier molecular flexibility index (Phi) is 5.01. The Balaban J connectivity index is 1.97. The maximum absolute atomic E-state index is 12.1. The SMILES string of the molecule is C[C@@H](Oc1cccc(Cl)c1)C(=O)Nc1ccc(C(N)=O)cc1. The lowest BCUT2D eigenvalue weighted by atomic mass is 10.2. The van der Waals surface area contributed by atoms with Crippen LogP contribution in [0.5, 0.6) is 5.75 Å². The molecule has 5 nitrogen and oxygen atoms in total. The van der Waals surface area contributed by atoms with Crippen molar-refractivity contribution in [1.82, 2.24) is 0 Å². The van der Waals surface area contributed by atoms with Crippen LogP contribution >= 0.6 is 11.6 Å². The van der Waals surface area contributed by atoms with E-state index >= 15 is 0 Å². The molecule has 22 heavy (non-hydrogen) atoms. The standard InChI is InChI=1S/C16H15ClN2O3/c1-10(22-14-4-2-3-12(17)9-14)16(21)19-13-7-5-11(6-8-13)15(18)20/h2-10H,1H3,(H2,18,20)(H,19,21)/t10-/m1/s1. The first-order chi connectivity index (χ1) is 10.5. The molecule has 0 bridgehead atoms. The first-order valence-electron chi connectivity index (χ1n) is 6.58. The zero-order valence-corrected chi connectivity index (χ0v) is 12.6. The third kappa shape index (κ3) is 4.23. The summed E-state index contributed by atoms with van der Waals surface area (Å²) in [6.45, 7) is 1.63. The third-order valence-electron chi connectivity index (χ3n) is 2.92. The molecule has 2 aromatic carbocycles. The number of primary amides is 1. The third-order valence-corrected chi connectivity index (χ3v) is 3.15. The topological polar surface area (TPSA) is 81.4 Å². The van der Waals surface area contributed by atoms with Crippen LogP contribution in [0, 0.1) is 0 Å². The lowest BCUT2D eigenvalue weighted by Crippen LogP contribution is -2.30. The second kappa shape index (κ2) is 6.95. The van der Waals surface area contributed by atoms with Crippen LogP contribution in [-0.2, 0) is 4.79 Å². The smallest absolute Gasteiger partial charge is 0.265 e. The number of anilines is 1. The van der Waals surface area contributed by atoms with Crippen molar-refractivity contribution in [3.8, 4) is 5.75 Å². The summed E-state index contributed by atoms with van der Waals surface area (Å²) in [6, 6.07) is 13.1. The highest BCUT2D eigenvalue weighted by Crippen LogP contribution is 2.19. The van der Waals surface area contributed by atoms with E-state index in [0.29, 0.717) is 22.0 Å². The predicted molar refractivity (Wildman–Crippen MR) is 85.1 cm³/mol. The molecule has 0 aliphatic heterocycles. The zero-order chi connectivity index (χ0) is 16.1. The van der Waals surface area contributed by atoms with Crippen LogP contribution in [0.25, 0.3) is 0 Å². The molecular weight excluding hydrogens is 304 g/mol. The number of hydrogen-bond acceptors (Lipinski definition) is 3. The maximum atomic E-state index is 12.1. The van der Waals surface area contributed by atoms with E-state index < -0.39 is 12.0 Å². The fourth-order valence-electron chi connectivity index (χ4n) is 1.76. The van der Waals surface area contributed by atoms with Gasteiger partial charge in [-0.3, -0.25) is 9.59 Å². The van der Waals surface area contributed by atoms with Gasteiger partial charge < -0.3 is 15.8 Å². The van der Waals surface area contributed by atoms with Crippen molar-refractivity contribution in [3.63, 3.8) is 0 Å². The van der Waals surface area contributed by atoms with E-state index in [-0.39, 0.29) is 5.91 Å². The van der Waals surface area contributed by atoms with Gasteiger partial charge in [-0.2, -0.15) is 0 Å². The molecular formula is C16H15ClN2O3. The fourth-order valence-corrected chi connectivity index (χ4v) is 1.94. The number of hydrogen-bond donors (Lipinski definition) is 2. The normalized spacial score (nSPS) is 11.5. The number of nitrogens with one attached hydrogen (secondary N) is 1. The van der Waals surface area contributed by atoms with E-state index in [1.165, 1.54) is 0 Å². The van der Waals surface area contributed by atoms with Crippen LogP contribution in [0.4, 0.5) is 5.69 Å². The Morgan fingerprint density at radius 1 is 1.18 bits per heavy atom. The molecule has 0 heterocycles. The van der Waals surface area contributed by atoms with Crippen molar-refractivity contribution in [2.24, 2.45) is 5.73 Å². The molecule has 0 fully saturated rings. The summed E-state index contributed by atoms with van der Waals surface area (Å²) in [7, 11) is 0. The first kappa shape index (κ1) is 15.9. The number of ether oxygens (including phenoxy) is 1. The molecule has 0 saturated carbocycles. The highest BCUT2D eigenvalue weighted by molar-refractivity contribution is 6.30. The highest BCUT2D eigenvalue weighted by atomic mass is 35.5. The van der Waals surface area contributed by atoms with Gasteiger partial charge in [-0.05, 0) is 49.4 Å². The molecule has 2 aromatic rings. The number of carbonyl (C=O) groups is 2. The van der Waals surface area contributed by atoms with Gasteiger partial charge in [0.1, 0.15) is 5.75 Å². The van der Waals surface area contributed by atoms with E-state index in [1.807, 2.05) is 0 Å². The van der Waals surface area contributed by atoms with Crippen LogP contribution in [0.1, 0.15) is 17.3 Å². The molecule has 114 valence electrons. The minimum atomic E-state index is -0.700. The largest absolute Gasteiger partial charge is 0.481 e. The number of amides is 2. The maximum Gasteiger partial charge on any atom is 0.265 e. The Morgan fingerprint density at radius 2 is 1.86 bits per heavy atom. The van der Waals surface area contributed by atoms with E-state index in [2.05, 4.69) is 5.32 Å². The average Bonchev–Trinajstić information content (AvgIpc) is 2.47. The van der Waals surface area contributed by atoms with Gasteiger partial charge in [-0.1, -0.05) is 17.7 Å². The first-order valence-corrected chi connectivity index (χ1v) is 6.96. The molecule has 2 rings (SSSR count). The van der Waals surface area contributed by atoms with Gasteiger partial charge in [-0.25, -0.2) is 0 Å². The summed E-state index contributed by atoms with van der Waals surface area (Å²) in [5.41, 5.74) is 6.08. The fraction of sp³-hybridized carbons (Fsp3) is 0.125. The summed E-state index contributed by atoms with van der Waals surface area (Å²) >= 11 is 5.86. The number of benzene rings is 2. The molecule has 0 spiro atoms. The molecule has 0 saturated heterocycles. The molecule has 3 N–H and O–H groups in total. The molecule has 1 atom stereocenters. The molecule has 0 aromatic heterocycles. The number of carbonyl (C=O) groups excluding carboxylic acids is 2. The highest BCUT2D eigenvalue weighted by Gasteiger charge is 2.15. The van der Waals surface area contributed by atoms with Crippen molar-refractivity contribution >= 4 is 29.1 Å². The van der Waals surface area contributed by atoms with Crippen LogP contribution in [0.2, 0.25) is 5.02 Å². The minimum absolute atomic E-state index is 0.313. The van der Waals surface area contributed by atoms with E-state index in [9.17, 15) is 9.59 Å². The van der Waals surface area contributed by atoms with Crippen molar-refractivity contribution < 1.29 is 14.3 Å². The van der Waals surface area contributed by atoms with Gasteiger partial charge in [0.2, 0.25) is 5.91 Å². The van der Waals surface area contributed by atoms with Crippen molar-refractivity contribution in [2.75, 3.05) is 5.32 Å². The minimum Gasteiger partial charge on any atom is -0.481 e. The van der Waals surface area contributed by atoms with Gasteiger partial charge in [0, 0.05) is 16.3 Å². The number of halogens is 1. The van der Waals surface area contributed by atoms with E-state index in [4.69, 9.17) is 22.1 Å². The average molecular weight is 319 g/mol. The van der Waals surface area contributed by atoms with E-state index in [0.717, 1.165) is 0 Å².